The minimum absolute atomic E-state index is 0.0212. The zero-order valence-corrected chi connectivity index (χ0v) is 29.9. The Balaban J connectivity index is 0.000000251. The van der Waals surface area contributed by atoms with Crippen LogP contribution in [0.4, 0.5) is 0 Å². The third-order valence-electron chi connectivity index (χ3n) is 5.83. The van der Waals surface area contributed by atoms with Crippen molar-refractivity contribution in [2.45, 2.75) is 23.0 Å². The van der Waals surface area contributed by atoms with Crippen LogP contribution in [0.3, 0.4) is 0 Å². The first-order chi connectivity index (χ1) is 21.8. The van der Waals surface area contributed by atoms with Gasteiger partial charge >= 0.3 is 11.9 Å². The number of carbonyl (C=O) groups is 2. The van der Waals surface area contributed by atoms with Crippen molar-refractivity contribution in [3.05, 3.63) is 113 Å². The summed E-state index contributed by atoms with van der Waals surface area (Å²) < 4.78 is 34.3. The van der Waals surface area contributed by atoms with Gasteiger partial charge in [0.15, 0.2) is 21.2 Å². The highest BCUT2D eigenvalue weighted by atomic mass is 35.5. The van der Waals surface area contributed by atoms with Crippen molar-refractivity contribution in [2.24, 2.45) is 0 Å². The van der Waals surface area contributed by atoms with Gasteiger partial charge in [0.25, 0.3) is 0 Å². The van der Waals surface area contributed by atoms with E-state index in [1.54, 1.807) is 12.3 Å². The average molecular weight is 787 g/mol. The van der Waals surface area contributed by atoms with Gasteiger partial charge in [0.1, 0.15) is 10.3 Å². The van der Waals surface area contributed by atoms with Crippen molar-refractivity contribution in [1.82, 2.24) is 19.9 Å². The largest absolute Gasteiger partial charge is 0.464 e. The standard InChI is InChI=1S/C14H11Cl3N2O4S.C14H11Cl3N2O2S/c1-23-14(20)12-8(3-2-4-18-12)6-24(21,22)7-9-10(15)5-19-13(17)11(9)16;1-21-14(20)12-8(3-2-4-18-12)6-22-7-9-10(15)5-19-13(17)11(9)16/h2-5H,6-7H2,1H3;2-5H,6-7H2,1H3. The zero-order chi connectivity index (χ0) is 34.0. The van der Waals surface area contributed by atoms with Crippen molar-refractivity contribution in [2.75, 3.05) is 14.2 Å². The average Bonchev–Trinajstić information content (AvgIpc) is 3.04. The van der Waals surface area contributed by atoms with E-state index in [0.29, 0.717) is 27.2 Å². The first-order valence-electron chi connectivity index (χ1n) is 12.6. The van der Waals surface area contributed by atoms with Gasteiger partial charge in [-0.2, -0.15) is 11.8 Å². The molecule has 0 saturated carbocycles. The van der Waals surface area contributed by atoms with Crippen LogP contribution < -0.4 is 0 Å². The molecule has 0 aliphatic carbocycles. The van der Waals surface area contributed by atoms with E-state index >= 15 is 0 Å². The second-order valence-electron chi connectivity index (χ2n) is 8.91. The third-order valence-corrected chi connectivity index (χ3v) is 10.6. The van der Waals surface area contributed by atoms with Crippen LogP contribution in [0, 0.1) is 0 Å². The monoisotopic (exact) mass is 784 g/mol. The van der Waals surface area contributed by atoms with Gasteiger partial charge in [-0.15, -0.1) is 0 Å². The second-order valence-corrected chi connectivity index (χ2v) is 14.2. The molecule has 0 unspecified atom stereocenters. The van der Waals surface area contributed by atoms with E-state index in [9.17, 15) is 18.0 Å². The molecule has 0 spiro atoms. The number of rotatable bonds is 10. The number of pyridine rings is 4. The van der Waals surface area contributed by atoms with Crippen LogP contribution in [0.15, 0.2) is 49.1 Å². The third kappa shape index (κ3) is 10.3. The number of nitrogens with zero attached hydrogens (tertiary/aromatic N) is 4. The van der Waals surface area contributed by atoms with E-state index in [1.165, 1.54) is 56.7 Å². The number of ether oxygens (including phenoxy) is 2. The Kier molecular flexibility index (Phi) is 14.6. The van der Waals surface area contributed by atoms with E-state index in [0.717, 1.165) is 11.1 Å². The molecule has 0 atom stereocenters. The zero-order valence-electron chi connectivity index (χ0n) is 23.8. The molecule has 0 bridgehead atoms. The highest BCUT2D eigenvalue weighted by molar-refractivity contribution is 7.97. The van der Waals surface area contributed by atoms with Gasteiger partial charge in [0, 0.05) is 53.0 Å². The molecule has 0 radical (unpaired) electrons. The predicted octanol–water partition coefficient (Wildman–Crippen LogP) is 8.00. The first kappa shape index (κ1) is 38.0. The van der Waals surface area contributed by atoms with Crippen molar-refractivity contribution < 1.29 is 27.5 Å². The first-order valence-corrected chi connectivity index (χ1v) is 17.8. The highest BCUT2D eigenvalue weighted by Gasteiger charge is 2.23. The molecule has 4 heterocycles. The molecular formula is C28H22Cl6N4O6S2. The molecule has 0 N–H and O–H groups in total. The smallest absolute Gasteiger partial charge is 0.356 e. The normalized spacial score (nSPS) is 11.0. The van der Waals surface area contributed by atoms with Gasteiger partial charge < -0.3 is 9.47 Å². The molecule has 0 aliphatic heterocycles. The van der Waals surface area contributed by atoms with Crippen LogP contribution in [0.5, 0.6) is 0 Å². The van der Waals surface area contributed by atoms with E-state index < -0.39 is 33.3 Å². The molecule has 0 amide bonds. The topological polar surface area (TPSA) is 138 Å². The van der Waals surface area contributed by atoms with Gasteiger partial charge in [0.05, 0.1) is 45.8 Å². The molecule has 46 heavy (non-hydrogen) atoms. The van der Waals surface area contributed by atoms with Crippen LogP contribution in [0.2, 0.25) is 30.4 Å². The van der Waals surface area contributed by atoms with Crippen LogP contribution in [-0.4, -0.2) is 54.5 Å². The fourth-order valence-corrected chi connectivity index (χ4v) is 7.86. The molecule has 0 aliphatic rings. The number of esters is 2. The Morgan fingerprint density at radius 1 is 0.696 bits per heavy atom. The number of hydrogen-bond donors (Lipinski definition) is 0. The minimum Gasteiger partial charge on any atom is -0.464 e. The summed E-state index contributed by atoms with van der Waals surface area (Å²) in [7, 11) is -1.20. The van der Waals surface area contributed by atoms with Gasteiger partial charge in [-0.3, -0.25) is 0 Å². The van der Waals surface area contributed by atoms with Crippen LogP contribution >= 0.6 is 81.4 Å². The van der Waals surface area contributed by atoms with Crippen molar-refractivity contribution in [1.29, 1.82) is 0 Å². The molecule has 4 aromatic heterocycles. The Hall–Kier alpha value is -2.42. The van der Waals surface area contributed by atoms with Crippen molar-refractivity contribution in [3.63, 3.8) is 0 Å². The number of thioether (sulfide) groups is 1. The number of sulfone groups is 1. The van der Waals surface area contributed by atoms with E-state index in [1.807, 2.05) is 6.07 Å². The summed E-state index contributed by atoms with van der Waals surface area (Å²) in [5.41, 5.74) is 2.12. The lowest BCUT2D eigenvalue weighted by Crippen LogP contribution is -2.14. The number of hydrogen-bond acceptors (Lipinski definition) is 11. The maximum absolute atomic E-state index is 12.5. The maximum atomic E-state index is 12.5. The molecule has 10 nitrogen and oxygen atoms in total. The van der Waals surface area contributed by atoms with Gasteiger partial charge in [-0.25, -0.2) is 37.9 Å². The summed E-state index contributed by atoms with van der Waals surface area (Å²) in [6.07, 6.45) is 5.62. The lowest BCUT2D eigenvalue weighted by Gasteiger charge is -2.10. The molecule has 0 fully saturated rings. The predicted molar refractivity (Wildman–Crippen MR) is 181 cm³/mol. The van der Waals surface area contributed by atoms with Crippen molar-refractivity contribution in [3.8, 4) is 0 Å². The second kappa shape index (κ2) is 17.7. The van der Waals surface area contributed by atoms with Gasteiger partial charge in [-0.1, -0.05) is 81.7 Å². The van der Waals surface area contributed by atoms with Crippen LogP contribution in [0.25, 0.3) is 0 Å². The van der Waals surface area contributed by atoms with E-state index in [-0.39, 0.29) is 37.2 Å². The molecule has 4 aromatic rings. The highest BCUT2D eigenvalue weighted by Crippen LogP contribution is 2.34. The molecule has 0 saturated heterocycles. The molecule has 18 heteroatoms. The molecule has 0 aromatic carbocycles. The van der Waals surface area contributed by atoms with Gasteiger partial charge in [-0.05, 0) is 17.7 Å². The van der Waals surface area contributed by atoms with Crippen molar-refractivity contribution >= 4 is 103 Å². The Morgan fingerprint density at radius 2 is 1.17 bits per heavy atom. The quantitative estimate of drug-likeness (QED) is 0.114. The Morgan fingerprint density at radius 3 is 1.72 bits per heavy atom. The fourth-order valence-electron chi connectivity index (χ4n) is 3.66. The summed E-state index contributed by atoms with van der Waals surface area (Å²) in [4.78, 5) is 38.9. The fraction of sp³-hybridized carbons (Fsp3) is 0.214. The summed E-state index contributed by atoms with van der Waals surface area (Å²) in [6.45, 7) is 0. The van der Waals surface area contributed by atoms with Crippen LogP contribution in [-0.2, 0) is 42.3 Å². The summed E-state index contributed by atoms with van der Waals surface area (Å²) in [6, 6.07) is 6.61. The lowest BCUT2D eigenvalue weighted by molar-refractivity contribution is 0.0584. The number of halogens is 6. The van der Waals surface area contributed by atoms with E-state index in [4.69, 9.17) is 74.3 Å². The molecule has 244 valence electrons. The molecule has 4 rings (SSSR count). The SMILES string of the molecule is COC(=O)c1ncccc1CS(=O)(=O)Cc1c(Cl)cnc(Cl)c1Cl.COC(=O)c1ncccc1CSCc1c(Cl)cnc(Cl)c1Cl. The Bertz CT molecular complexity index is 1850. The summed E-state index contributed by atoms with van der Waals surface area (Å²) in [5, 5.41) is 1.06. The Labute approximate surface area is 299 Å². The summed E-state index contributed by atoms with van der Waals surface area (Å²) >= 11 is 37.3. The molecular weight excluding hydrogens is 765 g/mol. The number of methoxy groups -OCH3 is 2. The lowest BCUT2D eigenvalue weighted by atomic mass is 10.2. The summed E-state index contributed by atoms with van der Waals surface area (Å²) in [5.74, 6) is -0.969. The van der Waals surface area contributed by atoms with Gasteiger partial charge in [0.2, 0.25) is 0 Å². The number of aromatic nitrogens is 4. The number of carbonyl (C=O) groups excluding carboxylic acids is 2. The maximum Gasteiger partial charge on any atom is 0.356 e. The van der Waals surface area contributed by atoms with Crippen LogP contribution in [0.1, 0.15) is 43.2 Å². The minimum atomic E-state index is -3.72. The van der Waals surface area contributed by atoms with E-state index in [2.05, 4.69) is 24.7 Å².